The number of aliphatic imine (C=N–C) groups is 1. The van der Waals surface area contributed by atoms with Crippen LogP contribution >= 0.6 is 11.8 Å². The van der Waals surface area contributed by atoms with E-state index < -0.39 is 0 Å². The van der Waals surface area contributed by atoms with Crippen molar-refractivity contribution in [2.24, 2.45) is 4.99 Å². The quantitative estimate of drug-likeness (QED) is 0.520. The Labute approximate surface area is 172 Å². The molecule has 1 aromatic carbocycles. The molecule has 1 heterocycles. The molecular weight excluding hydrogens is 368 g/mol. The maximum absolute atomic E-state index is 5.87. The fraction of sp³-hybridized carbons (Fsp3) is 0.455. The molecule has 1 saturated carbocycles. The molecule has 6 heteroatoms. The minimum Gasteiger partial charge on any atom is -0.487 e. The van der Waals surface area contributed by atoms with E-state index in [4.69, 9.17) is 9.73 Å². The first kappa shape index (κ1) is 20.5. The second-order valence-electron chi connectivity index (χ2n) is 6.96. The van der Waals surface area contributed by atoms with Crippen molar-refractivity contribution in [1.82, 2.24) is 15.6 Å². The van der Waals surface area contributed by atoms with Crippen molar-refractivity contribution >= 4 is 17.7 Å². The summed E-state index contributed by atoms with van der Waals surface area (Å²) in [5.74, 6) is 1.74. The highest BCUT2D eigenvalue weighted by Gasteiger charge is 2.24. The molecule has 1 aliphatic rings. The van der Waals surface area contributed by atoms with Crippen LogP contribution in [0, 0.1) is 0 Å². The number of benzene rings is 1. The van der Waals surface area contributed by atoms with Gasteiger partial charge >= 0.3 is 0 Å². The molecule has 2 N–H and O–H groups in total. The maximum atomic E-state index is 5.87. The fourth-order valence-electron chi connectivity index (χ4n) is 3.34. The molecule has 5 nitrogen and oxygen atoms in total. The van der Waals surface area contributed by atoms with Crippen LogP contribution < -0.4 is 15.4 Å². The first-order chi connectivity index (χ1) is 13.8. The number of aromatic nitrogens is 1. The first-order valence-electron chi connectivity index (χ1n) is 9.96. The van der Waals surface area contributed by atoms with Gasteiger partial charge in [0.05, 0.1) is 12.2 Å². The average Bonchev–Trinajstić information content (AvgIpc) is 3.19. The van der Waals surface area contributed by atoms with E-state index in [9.17, 15) is 0 Å². The van der Waals surface area contributed by atoms with Crippen LogP contribution in [0.3, 0.4) is 0 Å². The normalized spacial score (nSPS) is 19.4. The molecule has 0 aliphatic heterocycles. The van der Waals surface area contributed by atoms with Crippen molar-refractivity contribution in [3.63, 3.8) is 0 Å². The highest BCUT2D eigenvalue weighted by Crippen LogP contribution is 2.28. The zero-order chi connectivity index (χ0) is 19.6. The van der Waals surface area contributed by atoms with Gasteiger partial charge in [0.1, 0.15) is 12.4 Å². The smallest absolute Gasteiger partial charge is 0.191 e. The number of thioether (sulfide) groups is 1. The van der Waals surface area contributed by atoms with Gasteiger partial charge in [-0.05, 0) is 62.3 Å². The lowest BCUT2D eigenvalue weighted by molar-refractivity contribution is 0.301. The Morgan fingerprint density at radius 2 is 2.18 bits per heavy atom. The molecule has 0 saturated heterocycles. The van der Waals surface area contributed by atoms with Gasteiger partial charge in [-0.2, -0.15) is 11.8 Å². The summed E-state index contributed by atoms with van der Waals surface area (Å²) >= 11 is 1.97. The molecule has 0 bridgehead atoms. The standard InChI is InChI=1S/C22H30N4OS/c1-3-23-22(26-18-10-11-21(14-18)28-2)25-15-17-7-6-9-20(13-17)27-16-19-8-4-5-12-24-19/h4-9,12-13,18,21H,3,10-11,14-16H2,1-2H3,(H2,23,25,26). The second kappa shape index (κ2) is 11.0. The molecule has 0 spiro atoms. The molecule has 1 aliphatic carbocycles. The van der Waals surface area contributed by atoms with Crippen LogP contribution in [-0.4, -0.2) is 35.0 Å². The van der Waals surface area contributed by atoms with E-state index >= 15 is 0 Å². The molecule has 1 aromatic heterocycles. The third kappa shape index (κ3) is 6.44. The molecule has 28 heavy (non-hydrogen) atoms. The Morgan fingerprint density at radius 1 is 1.25 bits per heavy atom. The molecule has 0 amide bonds. The third-order valence-electron chi connectivity index (χ3n) is 4.83. The van der Waals surface area contributed by atoms with E-state index in [-0.39, 0.29) is 0 Å². The molecule has 3 rings (SSSR count). The van der Waals surface area contributed by atoms with Crippen LogP contribution in [0.15, 0.2) is 53.7 Å². The minimum atomic E-state index is 0.468. The molecule has 0 radical (unpaired) electrons. The molecule has 150 valence electrons. The van der Waals surface area contributed by atoms with Crippen molar-refractivity contribution in [2.45, 2.75) is 50.6 Å². The predicted molar refractivity (Wildman–Crippen MR) is 118 cm³/mol. The average molecular weight is 399 g/mol. The summed E-state index contributed by atoms with van der Waals surface area (Å²) in [6.07, 6.45) is 7.70. The number of pyridine rings is 1. The molecule has 2 unspecified atom stereocenters. The van der Waals surface area contributed by atoms with Gasteiger partial charge in [-0.1, -0.05) is 18.2 Å². The number of hydrogen-bond acceptors (Lipinski definition) is 4. The molecular formula is C22H30N4OS. The van der Waals surface area contributed by atoms with Gasteiger partial charge < -0.3 is 15.4 Å². The largest absolute Gasteiger partial charge is 0.487 e. The van der Waals surface area contributed by atoms with Gasteiger partial charge in [-0.15, -0.1) is 0 Å². The van der Waals surface area contributed by atoms with E-state index in [0.29, 0.717) is 19.2 Å². The number of rotatable bonds is 8. The molecule has 2 aromatic rings. The first-order valence-corrected chi connectivity index (χ1v) is 11.2. The summed E-state index contributed by atoms with van der Waals surface area (Å²) in [4.78, 5) is 9.07. The van der Waals surface area contributed by atoms with Crippen molar-refractivity contribution in [3.05, 3.63) is 59.9 Å². The van der Waals surface area contributed by atoms with Crippen molar-refractivity contribution in [1.29, 1.82) is 0 Å². The van der Waals surface area contributed by atoms with E-state index in [1.54, 1.807) is 6.20 Å². The van der Waals surface area contributed by atoms with Crippen molar-refractivity contribution in [2.75, 3.05) is 12.8 Å². The summed E-state index contributed by atoms with van der Waals surface area (Å²) in [7, 11) is 0. The van der Waals surface area contributed by atoms with Gasteiger partial charge in [-0.3, -0.25) is 4.98 Å². The van der Waals surface area contributed by atoms with Crippen LogP contribution in [-0.2, 0) is 13.2 Å². The van der Waals surface area contributed by atoms with Gasteiger partial charge in [0, 0.05) is 24.0 Å². The minimum absolute atomic E-state index is 0.468. The van der Waals surface area contributed by atoms with Gasteiger partial charge in [0.25, 0.3) is 0 Å². The van der Waals surface area contributed by atoms with Crippen LogP contribution in [0.4, 0.5) is 0 Å². The SMILES string of the molecule is CCNC(=NCc1cccc(OCc2ccccn2)c1)NC1CCC(SC)C1. The van der Waals surface area contributed by atoms with Crippen LogP contribution in [0.25, 0.3) is 0 Å². The third-order valence-corrected chi connectivity index (χ3v) is 5.93. The zero-order valence-electron chi connectivity index (χ0n) is 16.7. The van der Waals surface area contributed by atoms with Crippen molar-refractivity contribution < 1.29 is 4.74 Å². The van der Waals surface area contributed by atoms with E-state index in [1.165, 1.54) is 19.3 Å². The van der Waals surface area contributed by atoms with Gasteiger partial charge in [0.15, 0.2) is 5.96 Å². The number of hydrogen-bond donors (Lipinski definition) is 2. The molecule has 2 atom stereocenters. The Morgan fingerprint density at radius 3 is 2.93 bits per heavy atom. The number of guanidine groups is 1. The Bertz CT molecular complexity index is 753. The topological polar surface area (TPSA) is 58.5 Å². The summed E-state index contributed by atoms with van der Waals surface area (Å²) in [6.45, 7) is 4.05. The number of ether oxygens (including phenoxy) is 1. The van der Waals surface area contributed by atoms with E-state index in [1.807, 2.05) is 42.1 Å². The number of nitrogens with one attached hydrogen (secondary N) is 2. The lowest BCUT2D eigenvalue weighted by Crippen LogP contribution is -2.42. The summed E-state index contributed by atoms with van der Waals surface area (Å²) in [5, 5.41) is 7.74. The fourth-order valence-corrected chi connectivity index (χ4v) is 4.14. The van der Waals surface area contributed by atoms with E-state index in [2.05, 4.69) is 40.9 Å². The Hall–Kier alpha value is -2.21. The van der Waals surface area contributed by atoms with Crippen LogP contribution in [0.5, 0.6) is 5.75 Å². The Kier molecular flexibility index (Phi) is 8.03. The van der Waals surface area contributed by atoms with Crippen molar-refractivity contribution in [3.8, 4) is 5.75 Å². The maximum Gasteiger partial charge on any atom is 0.191 e. The van der Waals surface area contributed by atoms with Gasteiger partial charge in [0.2, 0.25) is 0 Å². The van der Waals surface area contributed by atoms with Gasteiger partial charge in [-0.25, -0.2) is 4.99 Å². The second-order valence-corrected chi connectivity index (χ2v) is 8.10. The van der Waals surface area contributed by atoms with Crippen LogP contribution in [0.2, 0.25) is 0 Å². The summed E-state index contributed by atoms with van der Waals surface area (Å²) < 4.78 is 5.87. The monoisotopic (exact) mass is 398 g/mol. The zero-order valence-corrected chi connectivity index (χ0v) is 17.5. The van der Waals surface area contributed by atoms with E-state index in [0.717, 1.165) is 34.8 Å². The highest BCUT2D eigenvalue weighted by molar-refractivity contribution is 7.99. The number of nitrogens with zero attached hydrogens (tertiary/aromatic N) is 2. The molecule has 1 fully saturated rings. The summed E-state index contributed by atoms with van der Waals surface area (Å²) in [6, 6.07) is 14.5. The highest BCUT2D eigenvalue weighted by atomic mass is 32.2. The Balaban J connectivity index is 1.56. The lowest BCUT2D eigenvalue weighted by Gasteiger charge is -2.17. The lowest BCUT2D eigenvalue weighted by atomic mass is 10.2. The summed E-state index contributed by atoms with van der Waals surface area (Å²) in [5.41, 5.74) is 2.05. The predicted octanol–water partition coefficient (Wildman–Crippen LogP) is 4.00. The van der Waals surface area contributed by atoms with Crippen LogP contribution in [0.1, 0.15) is 37.4 Å².